The van der Waals surface area contributed by atoms with Crippen molar-refractivity contribution in [2.24, 2.45) is 11.8 Å². The van der Waals surface area contributed by atoms with Gasteiger partial charge in [0.15, 0.2) is 0 Å². The summed E-state index contributed by atoms with van der Waals surface area (Å²) in [5.74, 6) is 1.50. The first-order valence-electron chi connectivity index (χ1n) is 8.76. The molecule has 2 N–H and O–H groups in total. The van der Waals surface area contributed by atoms with Gasteiger partial charge in [0.05, 0.1) is 6.54 Å². The molecule has 122 valence electrons. The van der Waals surface area contributed by atoms with E-state index in [1.807, 2.05) is 0 Å². The molecule has 2 aliphatic carbocycles. The average molecular weight is 296 g/mol. The highest BCUT2D eigenvalue weighted by atomic mass is 16.2. The van der Waals surface area contributed by atoms with Crippen molar-refractivity contribution in [3.8, 4) is 0 Å². The Kier molecular flexibility index (Phi) is 6.49. The van der Waals surface area contributed by atoms with Crippen molar-refractivity contribution < 1.29 is 9.90 Å². The van der Waals surface area contributed by atoms with Gasteiger partial charge in [0.1, 0.15) is 0 Å². The largest absolute Gasteiger partial charge is 0.396 e. The summed E-state index contributed by atoms with van der Waals surface area (Å²) in [4.78, 5) is 14.6. The Labute approximate surface area is 129 Å². The van der Waals surface area contributed by atoms with Crippen LogP contribution in [-0.2, 0) is 4.79 Å². The summed E-state index contributed by atoms with van der Waals surface area (Å²) in [6.07, 6.45) is 7.93. The van der Waals surface area contributed by atoms with Crippen LogP contribution in [-0.4, -0.2) is 47.7 Å². The number of amides is 1. The Bertz CT molecular complexity index is 331. The molecular weight excluding hydrogens is 264 g/mol. The smallest absolute Gasteiger partial charge is 0.234 e. The van der Waals surface area contributed by atoms with E-state index in [1.54, 1.807) is 0 Å². The van der Waals surface area contributed by atoms with Crippen LogP contribution in [0, 0.1) is 11.8 Å². The first-order chi connectivity index (χ1) is 10.1. The fourth-order valence-corrected chi connectivity index (χ4v) is 3.48. The number of aliphatic hydroxyl groups is 1. The molecular formula is C17H32N2O2. The lowest BCUT2D eigenvalue weighted by Crippen LogP contribution is -2.47. The van der Waals surface area contributed by atoms with E-state index in [2.05, 4.69) is 24.1 Å². The van der Waals surface area contributed by atoms with Gasteiger partial charge in [0.2, 0.25) is 5.91 Å². The average Bonchev–Trinajstić information content (AvgIpc) is 3.27. The zero-order valence-electron chi connectivity index (χ0n) is 13.7. The molecule has 3 atom stereocenters. The SMILES string of the molecule is CC1CCCC(NC(=O)CN(CCCCO)C2CC2)C1C. The van der Waals surface area contributed by atoms with Gasteiger partial charge in [-0.1, -0.05) is 26.7 Å². The van der Waals surface area contributed by atoms with Crippen LogP contribution in [0.3, 0.4) is 0 Å². The summed E-state index contributed by atoms with van der Waals surface area (Å²) in [7, 11) is 0. The van der Waals surface area contributed by atoms with Crippen LogP contribution in [0.1, 0.15) is 58.8 Å². The third-order valence-corrected chi connectivity index (χ3v) is 5.32. The van der Waals surface area contributed by atoms with Gasteiger partial charge in [0.25, 0.3) is 0 Å². The molecule has 0 bridgehead atoms. The molecule has 0 heterocycles. The lowest BCUT2D eigenvalue weighted by atomic mass is 9.78. The number of carbonyl (C=O) groups is 1. The molecule has 4 heteroatoms. The Morgan fingerprint density at radius 1 is 1.19 bits per heavy atom. The van der Waals surface area contributed by atoms with Crippen molar-refractivity contribution >= 4 is 5.91 Å². The maximum Gasteiger partial charge on any atom is 0.234 e. The molecule has 0 aromatic carbocycles. The van der Waals surface area contributed by atoms with Crippen LogP contribution in [0.25, 0.3) is 0 Å². The third kappa shape index (κ3) is 5.26. The molecule has 0 aliphatic heterocycles. The molecule has 1 amide bonds. The van der Waals surface area contributed by atoms with Gasteiger partial charge < -0.3 is 10.4 Å². The molecule has 0 radical (unpaired) electrons. The lowest BCUT2D eigenvalue weighted by molar-refractivity contribution is -0.123. The van der Waals surface area contributed by atoms with Gasteiger partial charge in [-0.3, -0.25) is 9.69 Å². The molecule has 0 aromatic rings. The standard InChI is InChI=1S/C17H32N2O2/c1-13-6-5-7-16(14(13)2)18-17(21)12-19(15-8-9-15)10-3-4-11-20/h13-16,20H,3-12H2,1-2H3,(H,18,21). The highest BCUT2D eigenvalue weighted by Crippen LogP contribution is 2.30. The summed E-state index contributed by atoms with van der Waals surface area (Å²) in [6, 6.07) is 0.969. The number of nitrogens with zero attached hydrogens (tertiary/aromatic N) is 1. The van der Waals surface area contributed by atoms with Crippen LogP contribution in [0.4, 0.5) is 0 Å². The molecule has 2 rings (SSSR count). The van der Waals surface area contributed by atoms with Gasteiger partial charge in [-0.15, -0.1) is 0 Å². The van der Waals surface area contributed by atoms with E-state index >= 15 is 0 Å². The highest BCUT2D eigenvalue weighted by Gasteiger charge is 2.32. The maximum atomic E-state index is 12.3. The third-order valence-electron chi connectivity index (χ3n) is 5.32. The Morgan fingerprint density at radius 2 is 1.95 bits per heavy atom. The van der Waals surface area contributed by atoms with Crippen molar-refractivity contribution in [1.29, 1.82) is 0 Å². The zero-order valence-corrected chi connectivity index (χ0v) is 13.7. The first-order valence-corrected chi connectivity index (χ1v) is 8.76. The Hall–Kier alpha value is -0.610. The van der Waals surface area contributed by atoms with Crippen molar-refractivity contribution in [3.63, 3.8) is 0 Å². The van der Waals surface area contributed by atoms with E-state index in [1.165, 1.54) is 25.7 Å². The second kappa shape index (κ2) is 8.14. The van der Waals surface area contributed by atoms with Crippen molar-refractivity contribution in [3.05, 3.63) is 0 Å². The summed E-state index contributed by atoms with van der Waals surface area (Å²) in [5.41, 5.74) is 0. The molecule has 2 fully saturated rings. The summed E-state index contributed by atoms with van der Waals surface area (Å²) in [6.45, 7) is 6.30. The van der Waals surface area contributed by atoms with Crippen molar-refractivity contribution in [1.82, 2.24) is 10.2 Å². The molecule has 0 aromatic heterocycles. The molecule has 4 nitrogen and oxygen atoms in total. The van der Waals surface area contributed by atoms with E-state index in [-0.39, 0.29) is 12.5 Å². The van der Waals surface area contributed by atoms with Crippen LogP contribution >= 0.6 is 0 Å². The number of unbranched alkanes of at least 4 members (excludes halogenated alkanes) is 1. The fourth-order valence-electron chi connectivity index (χ4n) is 3.48. The molecule has 0 saturated heterocycles. The Morgan fingerprint density at radius 3 is 2.62 bits per heavy atom. The van der Waals surface area contributed by atoms with E-state index < -0.39 is 0 Å². The summed E-state index contributed by atoms with van der Waals surface area (Å²) >= 11 is 0. The second-order valence-corrected chi connectivity index (χ2v) is 7.07. The Balaban J connectivity index is 1.76. The van der Waals surface area contributed by atoms with E-state index in [0.29, 0.717) is 30.5 Å². The summed E-state index contributed by atoms with van der Waals surface area (Å²) < 4.78 is 0. The molecule has 2 saturated carbocycles. The number of nitrogens with one attached hydrogen (secondary N) is 1. The fraction of sp³-hybridized carbons (Fsp3) is 0.941. The second-order valence-electron chi connectivity index (χ2n) is 7.07. The highest BCUT2D eigenvalue weighted by molar-refractivity contribution is 5.78. The van der Waals surface area contributed by atoms with Crippen LogP contribution in [0.5, 0.6) is 0 Å². The molecule has 3 unspecified atom stereocenters. The molecule has 2 aliphatic rings. The number of rotatable bonds is 8. The summed E-state index contributed by atoms with van der Waals surface area (Å²) in [5, 5.41) is 12.2. The van der Waals surface area contributed by atoms with Crippen molar-refractivity contribution in [2.75, 3.05) is 19.7 Å². The number of carbonyl (C=O) groups excluding carboxylic acids is 1. The minimum absolute atomic E-state index is 0.192. The van der Waals surface area contributed by atoms with Crippen LogP contribution < -0.4 is 5.32 Å². The normalized spacial score (nSPS) is 29.6. The maximum absolute atomic E-state index is 12.3. The zero-order chi connectivity index (χ0) is 15.2. The number of hydrogen-bond acceptors (Lipinski definition) is 3. The lowest BCUT2D eigenvalue weighted by Gasteiger charge is -2.35. The van der Waals surface area contributed by atoms with Crippen LogP contribution in [0.2, 0.25) is 0 Å². The van der Waals surface area contributed by atoms with Crippen LogP contribution in [0.15, 0.2) is 0 Å². The van der Waals surface area contributed by atoms with Gasteiger partial charge >= 0.3 is 0 Å². The van der Waals surface area contributed by atoms with Crippen molar-refractivity contribution in [2.45, 2.75) is 70.9 Å². The minimum Gasteiger partial charge on any atom is -0.396 e. The monoisotopic (exact) mass is 296 g/mol. The topological polar surface area (TPSA) is 52.6 Å². The van der Waals surface area contributed by atoms with E-state index in [4.69, 9.17) is 5.11 Å². The molecule has 21 heavy (non-hydrogen) atoms. The van der Waals surface area contributed by atoms with Gasteiger partial charge in [-0.05, 0) is 50.5 Å². The number of aliphatic hydroxyl groups excluding tert-OH is 1. The first kappa shape index (κ1) is 16.8. The molecule has 0 spiro atoms. The van der Waals surface area contributed by atoms with Gasteiger partial charge in [-0.25, -0.2) is 0 Å². The number of hydrogen-bond donors (Lipinski definition) is 2. The van der Waals surface area contributed by atoms with Gasteiger partial charge in [0, 0.05) is 18.7 Å². The van der Waals surface area contributed by atoms with Gasteiger partial charge in [-0.2, -0.15) is 0 Å². The quantitative estimate of drug-likeness (QED) is 0.675. The van der Waals surface area contributed by atoms with E-state index in [9.17, 15) is 4.79 Å². The predicted molar refractivity (Wildman–Crippen MR) is 85.0 cm³/mol. The van der Waals surface area contributed by atoms with E-state index in [0.717, 1.165) is 25.8 Å². The minimum atomic E-state index is 0.192. The predicted octanol–water partition coefficient (Wildman–Crippen LogP) is 2.16.